The lowest BCUT2D eigenvalue weighted by atomic mass is 9.82. The molecule has 4 atom stereocenters. The van der Waals surface area contributed by atoms with Gasteiger partial charge in [0.25, 0.3) is 0 Å². The number of amides is 1. The van der Waals surface area contributed by atoms with Crippen LogP contribution in [0.3, 0.4) is 0 Å². The Bertz CT molecular complexity index is 336. The minimum atomic E-state index is 0.223. The highest BCUT2D eigenvalue weighted by molar-refractivity contribution is 5.79. The molecule has 0 aliphatic heterocycles. The first kappa shape index (κ1) is 13.4. The van der Waals surface area contributed by atoms with Crippen molar-refractivity contribution in [2.45, 2.75) is 70.4 Å². The topological polar surface area (TPSA) is 55.1 Å². The summed E-state index contributed by atoms with van der Waals surface area (Å²) in [6.07, 6.45) is 9.59. The summed E-state index contributed by atoms with van der Waals surface area (Å²) < 4.78 is 0. The molecule has 4 unspecified atom stereocenters. The van der Waals surface area contributed by atoms with Gasteiger partial charge in [0.1, 0.15) is 0 Å². The summed E-state index contributed by atoms with van der Waals surface area (Å²) in [6, 6.07) is 0.699. The van der Waals surface area contributed by atoms with Gasteiger partial charge in [-0.3, -0.25) is 4.79 Å². The Labute approximate surface area is 116 Å². The molecule has 3 saturated carbocycles. The molecule has 0 heterocycles. The van der Waals surface area contributed by atoms with Gasteiger partial charge in [-0.2, -0.15) is 0 Å². The first-order valence-corrected chi connectivity index (χ1v) is 8.19. The molecule has 108 valence electrons. The van der Waals surface area contributed by atoms with Crippen LogP contribution in [-0.4, -0.2) is 18.0 Å². The van der Waals surface area contributed by atoms with E-state index in [4.69, 9.17) is 5.73 Å². The highest BCUT2D eigenvalue weighted by Crippen LogP contribution is 2.49. The quantitative estimate of drug-likeness (QED) is 0.822. The van der Waals surface area contributed by atoms with Crippen LogP contribution in [0.1, 0.15) is 58.3 Å². The molecule has 3 heteroatoms. The van der Waals surface area contributed by atoms with Crippen molar-refractivity contribution in [3.8, 4) is 0 Å². The Morgan fingerprint density at radius 3 is 2.42 bits per heavy atom. The largest absolute Gasteiger partial charge is 0.353 e. The number of rotatable bonds is 3. The second kappa shape index (κ2) is 5.43. The monoisotopic (exact) mass is 264 g/mol. The average molecular weight is 264 g/mol. The SMILES string of the molecule is CC(NC(=O)C1CCC(N)CC1)C1CC2CCC1C2. The minimum absolute atomic E-state index is 0.223. The number of carbonyl (C=O) groups is 1. The first-order valence-electron chi connectivity index (χ1n) is 8.19. The van der Waals surface area contributed by atoms with E-state index in [1.165, 1.54) is 25.7 Å². The summed E-state index contributed by atoms with van der Waals surface area (Å²) in [5, 5.41) is 3.31. The second-order valence-electron chi connectivity index (χ2n) is 7.25. The lowest BCUT2D eigenvalue weighted by Crippen LogP contribution is -2.44. The van der Waals surface area contributed by atoms with Crippen LogP contribution < -0.4 is 11.1 Å². The normalized spacial score (nSPS) is 43.2. The van der Waals surface area contributed by atoms with Crippen LogP contribution in [0.15, 0.2) is 0 Å². The first-order chi connectivity index (χ1) is 9.13. The lowest BCUT2D eigenvalue weighted by molar-refractivity contribution is -0.127. The van der Waals surface area contributed by atoms with Crippen molar-refractivity contribution in [3.05, 3.63) is 0 Å². The molecule has 0 aromatic carbocycles. The van der Waals surface area contributed by atoms with Crippen molar-refractivity contribution in [3.63, 3.8) is 0 Å². The minimum Gasteiger partial charge on any atom is -0.353 e. The highest BCUT2D eigenvalue weighted by atomic mass is 16.1. The van der Waals surface area contributed by atoms with Crippen molar-refractivity contribution < 1.29 is 4.79 Å². The van der Waals surface area contributed by atoms with Gasteiger partial charge < -0.3 is 11.1 Å². The average Bonchev–Trinajstić information content (AvgIpc) is 3.01. The number of hydrogen-bond donors (Lipinski definition) is 2. The molecule has 3 nitrogen and oxygen atoms in total. The van der Waals surface area contributed by atoms with Crippen LogP contribution in [-0.2, 0) is 4.79 Å². The molecule has 0 saturated heterocycles. The fraction of sp³-hybridized carbons (Fsp3) is 0.938. The Balaban J connectivity index is 1.49. The van der Waals surface area contributed by atoms with E-state index >= 15 is 0 Å². The third-order valence-electron chi connectivity index (χ3n) is 5.95. The van der Waals surface area contributed by atoms with E-state index in [2.05, 4.69) is 12.2 Å². The number of carbonyl (C=O) groups excluding carboxylic acids is 1. The van der Waals surface area contributed by atoms with Gasteiger partial charge in [-0.25, -0.2) is 0 Å². The predicted octanol–water partition coefficient (Wildman–Crippen LogP) is 2.44. The zero-order chi connectivity index (χ0) is 13.4. The molecule has 3 N–H and O–H groups in total. The maximum absolute atomic E-state index is 12.3. The Hall–Kier alpha value is -0.570. The summed E-state index contributed by atoms with van der Waals surface area (Å²) in [4.78, 5) is 12.3. The van der Waals surface area contributed by atoms with Gasteiger partial charge in [0.05, 0.1) is 0 Å². The van der Waals surface area contributed by atoms with Crippen molar-refractivity contribution in [2.24, 2.45) is 29.4 Å². The third kappa shape index (κ3) is 2.81. The number of hydrogen-bond acceptors (Lipinski definition) is 2. The van der Waals surface area contributed by atoms with Crippen molar-refractivity contribution in [1.82, 2.24) is 5.32 Å². The van der Waals surface area contributed by atoms with Gasteiger partial charge in [0.15, 0.2) is 0 Å². The van der Waals surface area contributed by atoms with E-state index in [1.807, 2.05) is 0 Å². The molecule has 0 spiro atoms. The molecule has 1 amide bonds. The van der Waals surface area contributed by atoms with Gasteiger partial charge in [-0.15, -0.1) is 0 Å². The molecule has 3 aliphatic rings. The Morgan fingerprint density at radius 1 is 1.11 bits per heavy atom. The summed E-state index contributed by atoms with van der Waals surface area (Å²) in [7, 11) is 0. The van der Waals surface area contributed by atoms with E-state index < -0.39 is 0 Å². The van der Waals surface area contributed by atoms with E-state index in [9.17, 15) is 4.79 Å². The molecule has 0 aromatic heterocycles. The predicted molar refractivity (Wildman–Crippen MR) is 76.5 cm³/mol. The molecule has 19 heavy (non-hydrogen) atoms. The summed E-state index contributed by atoms with van der Waals surface area (Å²) >= 11 is 0. The standard InChI is InChI=1S/C16H28N2O/c1-10(15-9-11-2-3-13(15)8-11)18-16(19)12-4-6-14(17)7-5-12/h10-15H,2-9,17H2,1H3,(H,18,19). The Kier molecular flexibility index (Phi) is 3.84. The zero-order valence-corrected chi connectivity index (χ0v) is 12.1. The molecule has 3 fully saturated rings. The van der Waals surface area contributed by atoms with Crippen LogP contribution >= 0.6 is 0 Å². The lowest BCUT2D eigenvalue weighted by Gasteiger charge is -2.31. The second-order valence-corrected chi connectivity index (χ2v) is 7.25. The van der Waals surface area contributed by atoms with E-state index in [0.29, 0.717) is 18.0 Å². The van der Waals surface area contributed by atoms with Gasteiger partial charge in [0, 0.05) is 18.0 Å². The van der Waals surface area contributed by atoms with E-state index in [0.717, 1.165) is 43.4 Å². The van der Waals surface area contributed by atoms with Crippen LogP contribution in [0.5, 0.6) is 0 Å². The number of nitrogens with two attached hydrogens (primary N) is 1. The summed E-state index contributed by atoms with van der Waals surface area (Å²) in [5.74, 6) is 3.11. The van der Waals surface area contributed by atoms with Crippen LogP contribution in [0.4, 0.5) is 0 Å². The summed E-state index contributed by atoms with van der Waals surface area (Å²) in [5.41, 5.74) is 5.91. The van der Waals surface area contributed by atoms with Gasteiger partial charge in [-0.1, -0.05) is 6.42 Å². The van der Waals surface area contributed by atoms with Crippen molar-refractivity contribution in [2.75, 3.05) is 0 Å². The molecular weight excluding hydrogens is 236 g/mol. The molecule has 3 aliphatic carbocycles. The maximum atomic E-state index is 12.3. The zero-order valence-electron chi connectivity index (χ0n) is 12.1. The smallest absolute Gasteiger partial charge is 0.223 e. The van der Waals surface area contributed by atoms with Gasteiger partial charge >= 0.3 is 0 Å². The molecule has 3 rings (SSSR count). The Morgan fingerprint density at radius 2 is 1.84 bits per heavy atom. The molecular formula is C16H28N2O. The van der Waals surface area contributed by atoms with Gasteiger partial charge in [-0.05, 0) is 69.6 Å². The highest BCUT2D eigenvalue weighted by Gasteiger charge is 2.42. The van der Waals surface area contributed by atoms with Crippen LogP contribution in [0.25, 0.3) is 0 Å². The van der Waals surface area contributed by atoms with Crippen molar-refractivity contribution >= 4 is 5.91 Å². The fourth-order valence-electron chi connectivity index (χ4n) is 4.74. The van der Waals surface area contributed by atoms with Crippen molar-refractivity contribution in [1.29, 1.82) is 0 Å². The molecule has 2 bridgehead atoms. The van der Waals surface area contributed by atoms with E-state index in [-0.39, 0.29) is 5.92 Å². The van der Waals surface area contributed by atoms with E-state index in [1.54, 1.807) is 0 Å². The van der Waals surface area contributed by atoms with Gasteiger partial charge in [0.2, 0.25) is 5.91 Å². The summed E-state index contributed by atoms with van der Waals surface area (Å²) in [6.45, 7) is 2.22. The molecule has 0 radical (unpaired) electrons. The number of fused-ring (bicyclic) bond motifs is 2. The molecule has 0 aromatic rings. The van der Waals surface area contributed by atoms with Crippen LogP contribution in [0.2, 0.25) is 0 Å². The maximum Gasteiger partial charge on any atom is 0.223 e. The third-order valence-corrected chi connectivity index (χ3v) is 5.95. The van der Waals surface area contributed by atoms with Crippen LogP contribution in [0, 0.1) is 23.7 Å². The fourth-order valence-corrected chi connectivity index (χ4v) is 4.74. The number of nitrogens with one attached hydrogen (secondary N) is 1.